The summed E-state index contributed by atoms with van der Waals surface area (Å²) in [7, 11) is 3.90. The molecular weight excluding hydrogens is 348 g/mol. The van der Waals surface area contributed by atoms with Gasteiger partial charge in [-0.2, -0.15) is 5.01 Å². The normalized spacial score (nSPS) is 21.1. The van der Waals surface area contributed by atoms with Gasteiger partial charge in [-0.1, -0.05) is 33.1 Å². The lowest BCUT2D eigenvalue weighted by Gasteiger charge is -2.31. The number of Topliss-reactive ketones (excluding diaryl/α,β-unsaturated/α-hetero) is 1. The summed E-state index contributed by atoms with van der Waals surface area (Å²) in [6.45, 7) is 4.96. The number of hydrogen-bond acceptors (Lipinski definition) is 5. The fraction of sp³-hybridized carbons (Fsp3) is 0.842. The third kappa shape index (κ3) is 6.09. The number of nitrogens with one attached hydrogen (secondary N) is 1. The molecule has 8 heteroatoms. The zero-order valence-corrected chi connectivity index (χ0v) is 17.1. The van der Waals surface area contributed by atoms with Crippen molar-refractivity contribution in [1.82, 2.24) is 20.2 Å². The van der Waals surface area contributed by atoms with Crippen LogP contribution in [0.15, 0.2) is 0 Å². The van der Waals surface area contributed by atoms with E-state index in [-0.39, 0.29) is 24.2 Å². The van der Waals surface area contributed by atoms with Gasteiger partial charge in [0.05, 0.1) is 0 Å². The van der Waals surface area contributed by atoms with E-state index >= 15 is 0 Å². The number of carbonyl (C=O) groups is 3. The summed E-state index contributed by atoms with van der Waals surface area (Å²) < 4.78 is 5.31. The van der Waals surface area contributed by atoms with Crippen LogP contribution in [0.5, 0.6) is 0 Å². The second-order valence-electron chi connectivity index (χ2n) is 8.21. The molecule has 0 aromatic carbocycles. The van der Waals surface area contributed by atoms with Gasteiger partial charge in [0.1, 0.15) is 0 Å². The van der Waals surface area contributed by atoms with E-state index in [1.807, 2.05) is 32.8 Å². The minimum Gasteiger partial charge on any atom is -0.414 e. The molecule has 1 saturated heterocycles. The highest BCUT2D eigenvalue weighted by atomic mass is 16.6. The van der Waals surface area contributed by atoms with Gasteiger partial charge in [-0.25, -0.2) is 14.6 Å². The monoisotopic (exact) mass is 382 g/mol. The molecule has 8 nitrogen and oxygen atoms in total. The Kier molecular flexibility index (Phi) is 7.89. The highest BCUT2D eigenvalue weighted by Crippen LogP contribution is 2.24. The van der Waals surface area contributed by atoms with Crippen molar-refractivity contribution in [1.29, 1.82) is 0 Å². The highest BCUT2D eigenvalue weighted by molar-refractivity contribution is 5.92. The molecule has 27 heavy (non-hydrogen) atoms. The average Bonchev–Trinajstić information content (AvgIpc) is 2.92. The number of hydrogen-bond donors (Lipinski definition) is 1. The fourth-order valence-electron chi connectivity index (χ4n) is 3.57. The summed E-state index contributed by atoms with van der Waals surface area (Å²) in [5.74, 6) is -0.116. The van der Waals surface area contributed by atoms with Gasteiger partial charge in [0.25, 0.3) is 6.23 Å². The van der Waals surface area contributed by atoms with Crippen LogP contribution in [0.2, 0.25) is 0 Å². The first-order valence-electron chi connectivity index (χ1n) is 10.0. The number of carbonyl (C=O) groups excluding carboxylic acids is 3. The third-order valence-electron chi connectivity index (χ3n) is 4.91. The van der Waals surface area contributed by atoms with Crippen LogP contribution in [0.4, 0.5) is 9.59 Å². The molecule has 1 N–H and O–H groups in total. The van der Waals surface area contributed by atoms with Crippen molar-refractivity contribution in [2.24, 2.45) is 5.92 Å². The largest absolute Gasteiger partial charge is 0.431 e. The quantitative estimate of drug-likeness (QED) is 0.698. The van der Waals surface area contributed by atoms with E-state index < -0.39 is 18.4 Å². The molecule has 1 aliphatic heterocycles. The number of rotatable bonds is 8. The summed E-state index contributed by atoms with van der Waals surface area (Å²) >= 11 is 0. The van der Waals surface area contributed by atoms with Crippen molar-refractivity contribution in [2.75, 3.05) is 27.2 Å². The first-order valence-corrected chi connectivity index (χ1v) is 10.0. The maximum atomic E-state index is 12.9. The Hall–Kier alpha value is -1.83. The van der Waals surface area contributed by atoms with Crippen LogP contribution in [-0.4, -0.2) is 72.3 Å². The SMILES string of the molecule is CC(C)CC(=O)C1OC(=O)N(CCCN(C)C)N1C(=O)NC1CCCCC1. The predicted octanol–water partition coefficient (Wildman–Crippen LogP) is 2.59. The van der Waals surface area contributed by atoms with Crippen molar-refractivity contribution in [2.45, 2.75) is 71.1 Å². The van der Waals surface area contributed by atoms with E-state index in [1.165, 1.54) is 16.4 Å². The molecule has 0 spiro atoms. The zero-order chi connectivity index (χ0) is 20.0. The molecule has 3 amide bonds. The molecule has 1 heterocycles. The molecule has 0 aromatic rings. The summed E-state index contributed by atoms with van der Waals surface area (Å²) in [6.07, 6.45) is 4.36. The minimum absolute atomic E-state index is 0.0893. The van der Waals surface area contributed by atoms with Gasteiger partial charge in [-0.05, 0) is 45.8 Å². The van der Waals surface area contributed by atoms with Crippen molar-refractivity contribution in [3.05, 3.63) is 0 Å². The highest BCUT2D eigenvalue weighted by Gasteiger charge is 2.46. The standard InChI is InChI=1S/C19H34N4O4/c1-14(2)13-16(24)17-23(18(25)20-15-9-6-5-7-10-15)22(19(26)27-17)12-8-11-21(3)4/h14-15,17H,5-13H2,1-4H3,(H,20,25). The summed E-state index contributed by atoms with van der Waals surface area (Å²) in [6, 6.07) is -0.328. The van der Waals surface area contributed by atoms with E-state index in [0.29, 0.717) is 13.0 Å². The van der Waals surface area contributed by atoms with Crippen LogP contribution < -0.4 is 5.32 Å². The van der Waals surface area contributed by atoms with Gasteiger partial charge in [-0.15, -0.1) is 0 Å². The van der Waals surface area contributed by atoms with Gasteiger partial charge < -0.3 is 15.0 Å². The number of nitrogens with zero attached hydrogens (tertiary/aromatic N) is 3. The molecule has 2 fully saturated rings. The molecule has 0 aromatic heterocycles. The predicted molar refractivity (Wildman–Crippen MR) is 102 cm³/mol. The minimum atomic E-state index is -1.16. The molecule has 1 aliphatic carbocycles. The van der Waals surface area contributed by atoms with Crippen LogP contribution in [0, 0.1) is 5.92 Å². The second kappa shape index (κ2) is 9.92. The van der Waals surface area contributed by atoms with E-state index in [9.17, 15) is 14.4 Å². The van der Waals surface area contributed by atoms with Crippen LogP contribution in [0.3, 0.4) is 0 Å². The molecule has 1 atom stereocenters. The van der Waals surface area contributed by atoms with Crippen LogP contribution >= 0.6 is 0 Å². The first kappa shape index (κ1) is 21.5. The molecular formula is C19H34N4O4. The topological polar surface area (TPSA) is 82.2 Å². The molecule has 2 aliphatic rings. The Morgan fingerprint density at radius 2 is 1.89 bits per heavy atom. The Balaban J connectivity index is 2.11. The fourth-order valence-corrected chi connectivity index (χ4v) is 3.57. The molecule has 1 saturated carbocycles. The van der Waals surface area contributed by atoms with Gasteiger partial charge in [0.2, 0.25) is 0 Å². The Labute approximate surface area is 162 Å². The molecule has 2 rings (SSSR count). The Bertz CT molecular complexity index is 532. The third-order valence-corrected chi connectivity index (χ3v) is 4.91. The number of amides is 3. The Morgan fingerprint density at radius 1 is 1.22 bits per heavy atom. The molecule has 154 valence electrons. The number of hydrazine groups is 1. The van der Waals surface area contributed by atoms with E-state index in [4.69, 9.17) is 4.74 Å². The number of cyclic esters (lactones) is 1. The first-order chi connectivity index (χ1) is 12.8. The van der Waals surface area contributed by atoms with Gasteiger partial charge in [-0.3, -0.25) is 4.79 Å². The van der Waals surface area contributed by atoms with E-state index in [2.05, 4.69) is 5.32 Å². The van der Waals surface area contributed by atoms with Crippen molar-refractivity contribution < 1.29 is 19.1 Å². The average molecular weight is 383 g/mol. The molecule has 0 radical (unpaired) electrons. The summed E-state index contributed by atoms with van der Waals surface area (Å²) in [5, 5.41) is 5.49. The van der Waals surface area contributed by atoms with Gasteiger partial charge >= 0.3 is 12.1 Å². The lowest BCUT2D eigenvalue weighted by molar-refractivity contribution is -0.134. The smallest absolute Gasteiger partial charge is 0.414 e. The zero-order valence-electron chi connectivity index (χ0n) is 17.1. The van der Waals surface area contributed by atoms with Crippen LogP contribution in [0.25, 0.3) is 0 Å². The summed E-state index contributed by atoms with van der Waals surface area (Å²) in [5.41, 5.74) is 0. The van der Waals surface area contributed by atoms with Crippen molar-refractivity contribution >= 4 is 17.9 Å². The van der Waals surface area contributed by atoms with Crippen molar-refractivity contribution in [3.8, 4) is 0 Å². The van der Waals surface area contributed by atoms with E-state index in [1.54, 1.807) is 0 Å². The van der Waals surface area contributed by atoms with Crippen molar-refractivity contribution in [3.63, 3.8) is 0 Å². The second-order valence-corrected chi connectivity index (χ2v) is 8.21. The lowest BCUT2D eigenvalue weighted by atomic mass is 9.96. The van der Waals surface area contributed by atoms with Gasteiger partial charge in [0, 0.05) is 19.0 Å². The molecule has 0 bridgehead atoms. The lowest BCUT2D eigenvalue weighted by Crippen LogP contribution is -2.55. The maximum absolute atomic E-state index is 12.9. The maximum Gasteiger partial charge on any atom is 0.431 e. The number of ketones is 1. The number of ether oxygens (including phenoxy) is 1. The molecule has 1 unspecified atom stereocenters. The summed E-state index contributed by atoms with van der Waals surface area (Å²) in [4.78, 5) is 39.9. The van der Waals surface area contributed by atoms with Gasteiger partial charge in [0.15, 0.2) is 5.78 Å². The van der Waals surface area contributed by atoms with Crippen LogP contribution in [-0.2, 0) is 9.53 Å². The number of urea groups is 1. The van der Waals surface area contributed by atoms with E-state index in [0.717, 1.165) is 32.2 Å². The van der Waals surface area contributed by atoms with Crippen LogP contribution in [0.1, 0.15) is 58.8 Å². The Morgan fingerprint density at radius 3 is 2.48 bits per heavy atom.